The van der Waals surface area contributed by atoms with Crippen molar-refractivity contribution in [3.63, 3.8) is 0 Å². The van der Waals surface area contributed by atoms with E-state index in [0.717, 1.165) is 11.0 Å². The molecule has 10 heavy (non-hydrogen) atoms. The summed E-state index contributed by atoms with van der Waals surface area (Å²) in [4.78, 5) is 0. The topological polar surface area (TPSA) is 0 Å². The fourth-order valence-corrected chi connectivity index (χ4v) is 1.68. The van der Waals surface area contributed by atoms with Crippen molar-refractivity contribution in [3.8, 4) is 0 Å². The average Bonchev–Trinajstić information content (AvgIpc) is 2.17. The zero-order valence-corrected chi connectivity index (χ0v) is 7.87. The van der Waals surface area contributed by atoms with E-state index in [1.165, 1.54) is 0 Å². The van der Waals surface area contributed by atoms with Gasteiger partial charge in [0.25, 0.3) is 0 Å². The molecule has 1 fully saturated rings. The van der Waals surface area contributed by atoms with Gasteiger partial charge in [0.05, 0.1) is 0 Å². The number of rotatable bonds is 1. The Morgan fingerprint density at radius 2 is 1.90 bits per heavy atom. The molecular formula is C9H15Cl. The van der Waals surface area contributed by atoms with Gasteiger partial charge in [-0.25, -0.2) is 0 Å². The minimum Gasteiger partial charge on any atom is -0.0898 e. The lowest BCUT2D eigenvalue weighted by Gasteiger charge is -1.96. The van der Waals surface area contributed by atoms with E-state index in [1.807, 2.05) is 6.92 Å². The van der Waals surface area contributed by atoms with E-state index in [4.69, 9.17) is 11.6 Å². The van der Waals surface area contributed by atoms with Gasteiger partial charge in [0.2, 0.25) is 0 Å². The van der Waals surface area contributed by atoms with Crippen LogP contribution in [-0.2, 0) is 0 Å². The Labute approximate surface area is 68.3 Å². The highest BCUT2D eigenvalue weighted by molar-refractivity contribution is 6.29. The van der Waals surface area contributed by atoms with Gasteiger partial charge in [-0.05, 0) is 24.2 Å². The molecule has 1 saturated carbocycles. The molecule has 0 aromatic heterocycles. The molecule has 0 nitrogen and oxygen atoms in total. The summed E-state index contributed by atoms with van der Waals surface area (Å²) in [6.45, 7) is 8.81. The van der Waals surface area contributed by atoms with E-state index in [1.54, 1.807) is 0 Å². The summed E-state index contributed by atoms with van der Waals surface area (Å²) in [5.41, 5.74) is 0.496. The second-order valence-corrected chi connectivity index (χ2v) is 4.49. The van der Waals surface area contributed by atoms with Crippen molar-refractivity contribution in [1.82, 2.24) is 0 Å². The van der Waals surface area contributed by atoms with E-state index in [0.29, 0.717) is 11.3 Å². The summed E-state index contributed by atoms with van der Waals surface area (Å²) in [6.07, 6.45) is 2.17. The molecule has 0 spiro atoms. The molecule has 0 aromatic carbocycles. The maximum absolute atomic E-state index is 5.77. The summed E-state index contributed by atoms with van der Waals surface area (Å²) >= 11 is 5.77. The molecule has 0 bridgehead atoms. The highest BCUT2D eigenvalue weighted by Crippen LogP contribution is 2.58. The van der Waals surface area contributed by atoms with Crippen molar-refractivity contribution >= 4 is 11.6 Å². The van der Waals surface area contributed by atoms with Gasteiger partial charge in [0.1, 0.15) is 0 Å². The Hall–Kier alpha value is 0.0300. The molecule has 0 radical (unpaired) electrons. The maximum atomic E-state index is 5.77. The zero-order chi connectivity index (χ0) is 7.94. The lowest BCUT2D eigenvalue weighted by molar-refractivity contribution is 0.570. The van der Waals surface area contributed by atoms with Gasteiger partial charge in [-0.2, -0.15) is 0 Å². The van der Waals surface area contributed by atoms with Crippen molar-refractivity contribution in [2.24, 2.45) is 17.3 Å². The summed E-state index contributed by atoms with van der Waals surface area (Å²) in [5, 5.41) is 0.933. The van der Waals surface area contributed by atoms with Crippen LogP contribution in [0.5, 0.6) is 0 Å². The Morgan fingerprint density at radius 3 is 2.00 bits per heavy atom. The first-order valence-electron chi connectivity index (χ1n) is 3.80. The maximum Gasteiger partial charge on any atom is 0.0113 e. The van der Waals surface area contributed by atoms with Gasteiger partial charge in [-0.15, -0.1) is 0 Å². The Bertz CT molecular complexity index is 164. The van der Waals surface area contributed by atoms with Crippen LogP contribution < -0.4 is 0 Å². The first-order valence-corrected chi connectivity index (χ1v) is 4.18. The van der Waals surface area contributed by atoms with Crippen LogP contribution in [0.25, 0.3) is 0 Å². The lowest BCUT2D eigenvalue weighted by Crippen LogP contribution is -1.87. The van der Waals surface area contributed by atoms with Crippen molar-refractivity contribution < 1.29 is 0 Å². The molecule has 2 unspecified atom stereocenters. The van der Waals surface area contributed by atoms with Gasteiger partial charge < -0.3 is 0 Å². The quantitative estimate of drug-likeness (QED) is 0.549. The molecular weight excluding hydrogens is 144 g/mol. The van der Waals surface area contributed by atoms with Crippen molar-refractivity contribution in [2.75, 3.05) is 0 Å². The lowest BCUT2D eigenvalue weighted by atomic mass is 10.1. The van der Waals surface area contributed by atoms with Crippen LogP contribution in [0.4, 0.5) is 0 Å². The molecule has 1 heteroatoms. The summed E-state index contributed by atoms with van der Waals surface area (Å²) in [6, 6.07) is 0. The molecule has 1 rings (SSSR count). The molecule has 2 atom stereocenters. The van der Waals surface area contributed by atoms with E-state index in [9.17, 15) is 0 Å². The highest BCUT2D eigenvalue weighted by atomic mass is 35.5. The van der Waals surface area contributed by atoms with Crippen LogP contribution in [0.1, 0.15) is 27.7 Å². The van der Waals surface area contributed by atoms with E-state index in [2.05, 4.69) is 26.8 Å². The molecule has 1 aliphatic rings. The van der Waals surface area contributed by atoms with Crippen molar-refractivity contribution in [1.29, 1.82) is 0 Å². The Morgan fingerprint density at radius 1 is 1.50 bits per heavy atom. The molecule has 0 amide bonds. The van der Waals surface area contributed by atoms with E-state index in [-0.39, 0.29) is 0 Å². The third-order valence-corrected chi connectivity index (χ3v) is 3.00. The second kappa shape index (κ2) is 2.27. The van der Waals surface area contributed by atoms with E-state index < -0.39 is 0 Å². The molecule has 0 aliphatic heterocycles. The normalized spacial score (nSPS) is 37.9. The predicted octanol–water partition coefficient (Wildman–Crippen LogP) is 3.42. The van der Waals surface area contributed by atoms with Crippen LogP contribution in [0.15, 0.2) is 11.1 Å². The van der Waals surface area contributed by atoms with Crippen LogP contribution in [0, 0.1) is 17.3 Å². The van der Waals surface area contributed by atoms with Crippen LogP contribution in [0.2, 0.25) is 0 Å². The second-order valence-electron chi connectivity index (χ2n) is 3.89. The molecule has 0 aromatic rings. The van der Waals surface area contributed by atoms with Gasteiger partial charge in [0, 0.05) is 5.03 Å². The monoisotopic (exact) mass is 158 g/mol. The predicted molar refractivity (Wildman–Crippen MR) is 46.0 cm³/mol. The SMILES string of the molecule is C/C(Cl)=C/C1C(C)C1(C)C. The zero-order valence-electron chi connectivity index (χ0n) is 7.11. The minimum atomic E-state index is 0.496. The fraction of sp³-hybridized carbons (Fsp3) is 0.778. The first-order chi connectivity index (χ1) is 4.46. The highest BCUT2D eigenvalue weighted by Gasteiger charge is 2.52. The Balaban J connectivity index is 2.58. The van der Waals surface area contributed by atoms with Crippen LogP contribution >= 0.6 is 11.6 Å². The Kier molecular flexibility index (Phi) is 1.84. The third kappa shape index (κ3) is 1.22. The van der Waals surface area contributed by atoms with Crippen molar-refractivity contribution in [2.45, 2.75) is 27.7 Å². The van der Waals surface area contributed by atoms with Crippen LogP contribution in [0.3, 0.4) is 0 Å². The van der Waals surface area contributed by atoms with Crippen LogP contribution in [-0.4, -0.2) is 0 Å². The molecule has 58 valence electrons. The molecule has 0 heterocycles. The number of hydrogen-bond acceptors (Lipinski definition) is 0. The average molecular weight is 159 g/mol. The molecule has 1 aliphatic carbocycles. The van der Waals surface area contributed by atoms with Gasteiger partial charge >= 0.3 is 0 Å². The van der Waals surface area contributed by atoms with Gasteiger partial charge in [0.15, 0.2) is 0 Å². The molecule has 0 saturated heterocycles. The summed E-state index contributed by atoms with van der Waals surface area (Å²) in [7, 11) is 0. The summed E-state index contributed by atoms with van der Waals surface area (Å²) < 4.78 is 0. The minimum absolute atomic E-state index is 0.496. The standard InChI is InChI=1S/C9H15Cl/c1-6(10)5-8-7(2)9(8,3)4/h5,7-8H,1-4H3/b6-5-. The van der Waals surface area contributed by atoms with Gasteiger partial charge in [-0.1, -0.05) is 38.4 Å². The summed E-state index contributed by atoms with van der Waals surface area (Å²) in [5.74, 6) is 1.52. The first kappa shape index (κ1) is 8.13. The van der Waals surface area contributed by atoms with Gasteiger partial charge in [-0.3, -0.25) is 0 Å². The molecule has 0 N–H and O–H groups in total. The number of halogens is 1. The largest absolute Gasteiger partial charge is 0.0898 e. The van der Waals surface area contributed by atoms with E-state index >= 15 is 0 Å². The number of hydrogen-bond donors (Lipinski definition) is 0. The smallest absolute Gasteiger partial charge is 0.0113 e. The fourth-order valence-electron chi connectivity index (χ4n) is 1.55. The number of allylic oxidation sites excluding steroid dienone is 2. The van der Waals surface area contributed by atoms with Crippen molar-refractivity contribution in [3.05, 3.63) is 11.1 Å². The third-order valence-electron chi connectivity index (χ3n) is 2.87.